The Morgan fingerprint density at radius 2 is 1.73 bits per heavy atom. The molecule has 0 aliphatic heterocycles. The Kier molecular flexibility index (Phi) is 7.52. The Bertz CT molecular complexity index is 1020. The summed E-state index contributed by atoms with van der Waals surface area (Å²) in [5.41, 5.74) is 1.53. The van der Waals surface area contributed by atoms with E-state index in [0.717, 1.165) is 20.7 Å². The molecule has 162 valence electrons. The molecule has 30 heavy (non-hydrogen) atoms. The van der Waals surface area contributed by atoms with Gasteiger partial charge in [0.1, 0.15) is 12.4 Å². The monoisotopic (exact) mass is 437 g/mol. The lowest BCUT2D eigenvalue weighted by Gasteiger charge is -2.27. The number of ether oxygens (including phenoxy) is 1. The van der Waals surface area contributed by atoms with Crippen molar-refractivity contribution in [3.8, 4) is 0 Å². The first kappa shape index (κ1) is 23.3. The Balaban J connectivity index is 2.24. The predicted molar refractivity (Wildman–Crippen MR) is 112 cm³/mol. The van der Waals surface area contributed by atoms with Gasteiger partial charge in [-0.15, -0.1) is 0 Å². The van der Waals surface area contributed by atoms with Crippen molar-refractivity contribution in [1.82, 2.24) is 4.31 Å². The second kappa shape index (κ2) is 9.68. The number of aryl methyl sites for hydroxylation is 1. The van der Waals surface area contributed by atoms with Crippen LogP contribution in [0.1, 0.15) is 22.8 Å². The predicted octanol–water partition coefficient (Wildman–Crippen LogP) is 2.56. The van der Waals surface area contributed by atoms with Crippen molar-refractivity contribution in [2.24, 2.45) is 0 Å². The molecule has 0 bridgehead atoms. The number of nitrogens with one attached hydrogen (secondary N) is 1. The van der Waals surface area contributed by atoms with Crippen molar-refractivity contribution in [1.29, 1.82) is 0 Å². The van der Waals surface area contributed by atoms with E-state index >= 15 is 0 Å². The van der Waals surface area contributed by atoms with Gasteiger partial charge in [0.25, 0.3) is 0 Å². The molecule has 0 unspecified atom stereocenters. The van der Waals surface area contributed by atoms with E-state index in [0.29, 0.717) is 16.8 Å². The molecule has 0 aliphatic rings. The molecular formula is C20H24FN3O5S. The van der Waals surface area contributed by atoms with Crippen molar-refractivity contribution < 1.29 is 27.1 Å². The number of carbonyl (C=O) groups excluding carboxylic acids is 2. The fourth-order valence-corrected chi connectivity index (χ4v) is 3.64. The van der Waals surface area contributed by atoms with Gasteiger partial charge in [-0.3, -0.25) is 4.79 Å². The van der Waals surface area contributed by atoms with E-state index in [1.807, 2.05) is 0 Å². The quantitative estimate of drug-likeness (QED) is 0.641. The zero-order valence-corrected chi connectivity index (χ0v) is 18.0. The van der Waals surface area contributed by atoms with Crippen LogP contribution in [0.5, 0.6) is 0 Å². The highest BCUT2D eigenvalue weighted by molar-refractivity contribution is 7.90. The van der Waals surface area contributed by atoms with Crippen LogP contribution in [0.2, 0.25) is 0 Å². The summed E-state index contributed by atoms with van der Waals surface area (Å²) in [6.07, 6.45) is 0. The molecule has 0 aliphatic carbocycles. The minimum Gasteiger partial charge on any atom is -0.462 e. The normalized spacial score (nSPS) is 11.3. The molecule has 0 aromatic heterocycles. The summed E-state index contributed by atoms with van der Waals surface area (Å²) >= 11 is 0. The van der Waals surface area contributed by atoms with Crippen LogP contribution >= 0.6 is 0 Å². The van der Waals surface area contributed by atoms with Crippen LogP contribution in [-0.4, -0.2) is 51.8 Å². The topological polar surface area (TPSA) is 96.0 Å². The lowest BCUT2D eigenvalue weighted by atomic mass is 10.1. The largest absolute Gasteiger partial charge is 0.462 e. The molecule has 2 rings (SSSR count). The van der Waals surface area contributed by atoms with Crippen molar-refractivity contribution >= 4 is 33.5 Å². The van der Waals surface area contributed by atoms with Crippen LogP contribution < -0.4 is 9.62 Å². The number of nitrogens with zero attached hydrogens (tertiary/aromatic N) is 2. The highest BCUT2D eigenvalue weighted by atomic mass is 32.2. The lowest BCUT2D eigenvalue weighted by Crippen LogP contribution is -2.44. The van der Waals surface area contributed by atoms with Crippen LogP contribution in [0.15, 0.2) is 42.5 Å². The molecule has 1 amide bonds. The zero-order chi connectivity index (χ0) is 22.5. The van der Waals surface area contributed by atoms with Crippen molar-refractivity contribution in [2.45, 2.75) is 13.8 Å². The number of hydrogen-bond donors (Lipinski definition) is 1. The van der Waals surface area contributed by atoms with Crippen molar-refractivity contribution in [2.75, 3.05) is 36.9 Å². The average Bonchev–Trinajstić information content (AvgIpc) is 2.68. The number of esters is 1. The van der Waals surface area contributed by atoms with Crippen LogP contribution in [0.3, 0.4) is 0 Å². The Morgan fingerprint density at radius 1 is 1.10 bits per heavy atom. The highest BCUT2D eigenvalue weighted by Gasteiger charge is 2.27. The van der Waals surface area contributed by atoms with E-state index < -0.39 is 34.4 Å². The molecule has 0 atom stereocenters. The molecule has 10 heteroatoms. The zero-order valence-electron chi connectivity index (χ0n) is 17.2. The summed E-state index contributed by atoms with van der Waals surface area (Å²) in [4.78, 5) is 24.4. The van der Waals surface area contributed by atoms with Gasteiger partial charge in [-0.1, -0.05) is 0 Å². The molecule has 2 aromatic carbocycles. The standard InChI is InChI=1S/C20H24FN3O5S/c1-5-29-20(26)15-6-11-18(14(2)12-15)22-19(25)13-24(30(27,28)23(3)4)17-9-7-16(21)8-10-17/h6-12H,5,13H2,1-4H3,(H,22,25). The van der Waals surface area contributed by atoms with Crippen molar-refractivity contribution in [3.05, 3.63) is 59.4 Å². The summed E-state index contributed by atoms with van der Waals surface area (Å²) in [5, 5.41) is 2.64. The lowest BCUT2D eigenvalue weighted by molar-refractivity contribution is -0.114. The second-order valence-electron chi connectivity index (χ2n) is 6.57. The SMILES string of the molecule is CCOC(=O)c1ccc(NC(=O)CN(c2ccc(F)cc2)S(=O)(=O)N(C)C)c(C)c1. The smallest absolute Gasteiger partial charge is 0.338 e. The van der Waals surface area contributed by atoms with E-state index in [1.165, 1.54) is 32.3 Å². The molecule has 2 aromatic rings. The summed E-state index contributed by atoms with van der Waals surface area (Å²) in [6.45, 7) is 3.13. The summed E-state index contributed by atoms with van der Waals surface area (Å²) in [6, 6.07) is 9.42. The number of rotatable bonds is 8. The van der Waals surface area contributed by atoms with E-state index in [4.69, 9.17) is 4.74 Å². The number of benzene rings is 2. The van der Waals surface area contributed by atoms with Gasteiger partial charge in [-0.25, -0.2) is 13.5 Å². The van der Waals surface area contributed by atoms with Gasteiger partial charge >= 0.3 is 16.2 Å². The molecule has 0 spiro atoms. The van der Waals surface area contributed by atoms with Crippen LogP contribution in [0.4, 0.5) is 15.8 Å². The number of carbonyl (C=O) groups is 2. The van der Waals surface area contributed by atoms with E-state index in [2.05, 4.69) is 5.32 Å². The summed E-state index contributed by atoms with van der Waals surface area (Å²) in [5.74, 6) is -1.60. The highest BCUT2D eigenvalue weighted by Crippen LogP contribution is 2.21. The second-order valence-corrected chi connectivity index (χ2v) is 8.64. The molecule has 8 nitrogen and oxygen atoms in total. The first-order valence-corrected chi connectivity index (χ1v) is 10.5. The van der Waals surface area contributed by atoms with Crippen LogP contribution in [0, 0.1) is 12.7 Å². The first-order chi connectivity index (χ1) is 14.1. The van der Waals surface area contributed by atoms with Gasteiger partial charge in [0.15, 0.2) is 0 Å². The minimum absolute atomic E-state index is 0.148. The summed E-state index contributed by atoms with van der Waals surface area (Å²) < 4.78 is 45.4. The third-order valence-corrected chi connectivity index (χ3v) is 5.97. The molecule has 0 heterocycles. The number of anilines is 2. The third kappa shape index (κ3) is 5.55. The maximum absolute atomic E-state index is 13.2. The number of hydrogen-bond acceptors (Lipinski definition) is 5. The van der Waals surface area contributed by atoms with E-state index in [-0.39, 0.29) is 12.3 Å². The van der Waals surface area contributed by atoms with Crippen LogP contribution in [-0.2, 0) is 19.7 Å². The van der Waals surface area contributed by atoms with Gasteiger partial charge in [0, 0.05) is 19.8 Å². The molecule has 0 fully saturated rings. The molecule has 1 N–H and O–H groups in total. The Labute approximate surface area is 175 Å². The first-order valence-electron chi connectivity index (χ1n) is 9.09. The number of halogens is 1. The van der Waals surface area contributed by atoms with Gasteiger partial charge in [0.05, 0.1) is 17.9 Å². The summed E-state index contributed by atoms with van der Waals surface area (Å²) in [7, 11) is -1.33. The fourth-order valence-electron chi connectivity index (χ4n) is 2.58. The molecular weight excluding hydrogens is 413 g/mol. The van der Waals surface area contributed by atoms with Gasteiger partial charge in [-0.05, 0) is 61.9 Å². The molecule has 0 radical (unpaired) electrons. The minimum atomic E-state index is -4.00. The van der Waals surface area contributed by atoms with Gasteiger partial charge in [0.2, 0.25) is 5.91 Å². The van der Waals surface area contributed by atoms with Gasteiger partial charge in [-0.2, -0.15) is 12.7 Å². The molecule has 0 saturated carbocycles. The Hall–Kier alpha value is -2.98. The Morgan fingerprint density at radius 3 is 2.27 bits per heavy atom. The average molecular weight is 437 g/mol. The van der Waals surface area contributed by atoms with E-state index in [9.17, 15) is 22.4 Å². The van der Waals surface area contributed by atoms with Gasteiger partial charge < -0.3 is 10.1 Å². The number of amides is 1. The molecule has 0 saturated heterocycles. The fraction of sp³-hybridized carbons (Fsp3) is 0.300. The van der Waals surface area contributed by atoms with E-state index in [1.54, 1.807) is 26.0 Å². The van der Waals surface area contributed by atoms with Crippen LogP contribution in [0.25, 0.3) is 0 Å². The van der Waals surface area contributed by atoms with Crippen molar-refractivity contribution in [3.63, 3.8) is 0 Å². The maximum Gasteiger partial charge on any atom is 0.338 e. The maximum atomic E-state index is 13.2. The third-order valence-electron chi connectivity index (χ3n) is 4.15.